The molecule has 0 spiro atoms. The second-order valence-electron chi connectivity index (χ2n) is 5.31. The van der Waals surface area contributed by atoms with Crippen molar-refractivity contribution in [1.29, 1.82) is 0 Å². The van der Waals surface area contributed by atoms with Gasteiger partial charge in [0.2, 0.25) is 0 Å². The molecule has 2 atom stereocenters. The molecule has 100 valence electrons. The number of nitrogens with zero attached hydrogens (tertiary/aromatic N) is 1. The maximum Gasteiger partial charge on any atom is 0.410 e. The Labute approximate surface area is 103 Å². The number of morpholine rings is 1. The fourth-order valence-electron chi connectivity index (χ4n) is 1.66. The van der Waals surface area contributed by atoms with Crippen molar-refractivity contribution in [2.75, 3.05) is 19.7 Å². The maximum atomic E-state index is 11.8. The van der Waals surface area contributed by atoms with E-state index in [0.717, 1.165) is 0 Å². The summed E-state index contributed by atoms with van der Waals surface area (Å²) >= 11 is 0. The number of amides is 1. The highest BCUT2D eigenvalue weighted by molar-refractivity contribution is 5.68. The summed E-state index contributed by atoms with van der Waals surface area (Å²) in [5.41, 5.74) is -0.492. The summed E-state index contributed by atoms with van der Waals surface area (Å²) in [6.45, 7) is 8.75. The smallest absolute Gasteiger partial charge is 0.410 e. The van der Waals surface area contributed by atoms with Crippen LogP contribution in [0.3, 0.4) is 0 Å². The van der Waals surface area contributed by atoms with Crippen LogP contribution in [0.2, 0.25) is 0 Å². The summed E-state index contributed by atoms with van der Waals surface area (Å²) in [4.78, 5) is 13.4. The lowest BCUT2D eigenvalue weighted by molar-refractivity contribution is -0.0898. The topological polar surface area (TPSA) is 59.0 Å². The molecule has 0 radical (unpaired) electrons. The SMILES string of the molecule is CC[C@H](O)[C@@H]1CN(C(=O)OC(C)(C)C)CCO1. The van der Waals surface area contributed by atoms with E-state index in [1.165, 1.54) is 0 Å². The fourth-order valence-corrected chi connectivity index (χ4v) is 1.66. The molecule has 1 fully saturated rings. The van der Waals surface area contributed by atoms with E-state index in [9.17, 15) is 9.90 Å². The molecule has 0 unspecified atom stereocenters. The number of rotatable bonds is 2. The van der Waals surface area contributed by atoms with Gasteiger partial charge in [0.25, 0.3) is 0 Å². The van der Waals surface area contributed by atoms with Crippen molar-refractivity contribution in [3.8, 4) is 0 Å². The van der Waals surface area contributed by atoms with Gasteiger partial charge in [-0.15, -0.1) is 0 Å². The van der Waals surface area contributed by atoms with E-state index >= 15 is 0 Å². The molecule has 0 aromatic carbocycles. The molecule has 1 aliphatic rings. The van der Waals surface area contributed by atoms with E-state index in [2.05, 4.69) is 0 Å². The second kappa shape index (κ2) is 5.69. The summed E-state index contributed by atoms with van der Waals surface area (Å²) in [5.74, 6) is 0. The van der Waals surface area contributed by atoms with E-state index in [-0.39, 0.29) is 12.2 Å². The summed E-state index contributed by atoms with van der Waals surface area (Å²) in [6, 6.07) is 0. The highest BCUT2D eigenvalue weighted by Gasteiger charge is 2.30. The van der Waals surface area contributed by atoms with E-state index in [1.807, 2.05) is 27.7 Å². The Morgan fingerprint density at radius 2 is 2.24 bits per heavy atom. The zero-order chi connectivity index (χ0) is 13.1. The zero-order valence-electron chi connectivity index (χ0n) is 11.1. The van der Waals surface area contributed by atoms with Crippen molar-refractivity contribution in [2.24, 2.45) is 0 Å². The second-order valence-corrected chi connectivity index (χ2v) is 5.31. The molecule has 0 aliphatic carbocycles. The molecule has 0 saturated carbocycles. The van der Waals surface area contributed by atoms with Gasteiger partial charge >= 0.3 is 6.09 Å². The van der Waals surface area contributed by atoms with Crippen LogP contribution < -0.4 is 0 Å². The van der Waals surface area contributed by atoms with Crippen molar-refractivity contribution in [3.05, 3.63) is 0 Å². The Morgan fingerprint density at radius 1 is 1.59 bits per heavy atom. The lowest BCUT2D eigenvalue weighted by Crippen LogP contribution is -2.50. The van der Waals surface area contributed by atoms with Crippen molar-refractivity contribution >= 4 is 6.09 Å². The van der Waals surface area contributed by atoms with Crippen molar-refractivity contribution < 1.29 is 19.4 Å². The van der Waals surface area contributed by atoms with Gasteiger partial charge in [0.1, 0.15) is 11.7 Å². The molecular weight excluding hydrogens is 222 g/mol. The Morgan fingerprint density at radius 3 is 2.76 bits per heavy atom. The molecule has 0 bridgehead atoms. The predicted octanol–water partition coefficient (Wildman–Crippen LogP) is 1.39. The lowest BCUT2D eigenvalue weighted by atomic mass is 10.1. The first-order valence-electron chi connectivity index (χ1n) is 6.11. The van der Waals surface area contributed by atoms with Crippen LogP contribution in [-0.2, 0) is 9.47 Å². The number of aliphatic hydroxyl groups is 1. The van der Waals surface area contributed by atoms with Gasteiger partial charge in [-0.3, -0.25) is 0 Å². The molecule has 5 heteroatoms. The van der Waals surface area contributed by atoms with E-state index in [1.54, 1.807) is 4.90 Å². The van der Waals surface area contributed by atoms with Gasteiger partial charge in [-0.25, -0.2) is 4.79 Å². The summed E-state index contributed by atoms with van der Waals surface area (Å²) in [5, 5.41) is 9.71. The van der Waals surface area contributed by atoms with Gasteiger partial charge < -0.3 is 19.5 Å². The predicted molar refractivity (Wildman–Crippen MR) is 63.8 cm³/mol. The average molecular weight is 245 g/mol. The molecule has 1 N–H and O–H groups in total. The monoisotopic (exact) mass is 245 g/mol. The normalized spacial score (nSPS) is 23.4. The maximum absolute atomic E-state index is 11.8. The van der Waals surface area contributed by atoms with Crippen LogP contribution in [0, 0.1) is 0 Å². The summed E-state index contributed by atoms with van der Waals surface area (Å²) in [7, 11) is 0. The molecule has 1 heterocycles. The molecule has 1 rings (SSSR count). The minimum atomic E-state index is -0.528. The number of carbonyl (C=O) groups excluding carboxylic acids is 1. The molecular formula is C12H23NO4. The van der Waals surface area contributed by atoms with Crippen molar-refractivity contribution in [2.45, 2.75) is 51.9 Å². The van der Waals surface area contributed by atoms with Crippen LogP contribution in [0.4, 0.5) is 4.79 Å². The lowest BCUT2D eigenvalue weighted by Gasteiger charge is -2.35. The van der Waals surface area contributed by atoms with E-state index in [0.29, 0.717) is 26.1 Å². The van der Waals surface area contributed by atoms with Crippen LogP contribution in [0.1, 0.15) is 34.1 Å². The fraction of sp³-hybridized carbons (Fsp3) is 0.917. The minimum Gasteiger partial charge on any atom is -0.444 e. The summed E-state index contributed by atoms with van der Waals surface area (Å²) in [6.07, 6.45) is -0.553. The number of carbonyl (C=O) groups is 1. The van der Waals surface area contributed by atoms with Crippen LogP contribution >= 0.6 is 0 Å². The van der Waals surface area contributed by atoms with Crippen LogP contribution in [0.25, 0.3) is 0 Å². The number of hydrogen-bond donors (Lipinski definition) is 1. The van der Waals surface area contributed by atoms with Gasteiger partial charge in [-0.05, 0) is 27.2 Å². The van der Waals surface area contributed by atoms with Crippen molar-refractivity contribution in [1.82, 2.24) is 4.90 Å². The minimum absolute atomic E-state index is 0.304. The van der Waals surface area contributed by atoms with E-state index in [4.69, 9.17) is 9.47 Å². The Hall–Kier alpha value is -0.810. The number of ether oxygens (including phenoxy) is 2. The first-order valence-corrected chi connectivity index (χ1v) is 6.11. The van der Waals surface area contributed by atoms with Crippen LogP contribution in [0.5, 0.6) is 0 Å². The third-order valence-corrected chi connectivity index (χ3v) is 2.59. The quantitative estimate of drug-likeness (QED) is 0.798. The van der Waals surface area contributed by atoms with Crippen molar-refractivity contribution in [3.63, 3.8) is 0 Å². The first-order chi connectivity index (χ1) is 7.83. The molecule has 1 amide bonds. The molecule has 1 aliphatic heterocycles. The Bertz CT molecular complexity index is 262. The van der Waals surface area contributed by atoms with Gasteiger partial charge in [-0.2, -0.15) is 0 Å². The first kappa shape index (κ1) is 14.3. The average Bonchev–Trinajstić information content (AvgIpc) is 2.26. The standard InChI is InChI=1S/C12H23NO4/c1-5-9(14)10-8-13(6-7-16-10)11(15)17-12(2,3)4/h9-10,14H,5-8H2,1-4H3/t9-,10-/m0/s1. The van der Waals surface area contributed by atoms with Gasteiger partial charge in [0, 0.05) is 6.54 Å². The van der Waals surface area contributed by atoms with Gasteiger partial charge in [0.05, 0.1) is 19.3 Å². The summed E-state index contributed by atoms with van der Waals surface area (Å²) < 4.78 is 10.7. The molecule has 0 aromatic rings. The molecule has 1 saturated heterocycles. The van der Waals surface area contributed by atoms with Crippen LogP contribution in [-0.4, -0.2) is 53.6 Å². The van der Waals surface area contributed by atoms with Crippen LogP contribution in [0.15, 0.2) is 0 Å². The molecule has 5 nitrogen and oxygen atoms in total. The third kappa shape index (κ3) is 4.52. The zero-order valence-corrected chi connectivity index (χ0v) is 11.1. The molecule has 0 aromatic heterocycles. The number of hydrogen-bond acceptors (Lipinski definition) is 4. The molecule has 17 heavy (non-hydrogen) atoms. The largest absolute Gasteiger partial charge is 0.444 e. The van der Waals surface area contributed by atoms with E-state index < -0.39 is 11.7 Å². The Kier molecular flexibility index (Phi) is 4.77. The Balaban J connectivity index is 2.52. The highest BCUT2D eigenvalue weighted by Crippen LogP contribution is 2.15. The van der Waals surface area contributed by atoms with Gasteiger partial charge in [0.15, 0.2) is 0 Å². The highest BCUT2D eigenvalue weighted by atomic mass is 16.6. The third-order valence-electron chi connectivity index (χ3n) is 2.59. The van der Waals surface area contributed by atoms with Gasteiger partial charge in [-0.1, -0.05) is 6.92 Å². The number of aliphatic hydroxyl groups excluding tert-OH is 1.